The zero-order valence-corrected chi connectivity index (χ0v) is 11.2. The van der Waals surface area contributed by atoms with Crippen molar-refractivity contribution in [3.05, 3.63) is 29.8 Å². The Morgan fingerprint density at radius 3 is 2.35 bits per heavy atom. The first-order chi connectivity index (χ1) is 7.83. The van der Waals surface area contributed by atoms with Crippen LogP contribution in [0.4, 0.5) is 0 Å². The third-order valence-electron chi connectivity index (χ3n) is 2.22. The maximum atomic E-state index is 11.8. The van der Waals surface area contributed by atoms with Crippen molar-refractivity contribution in [3.63, 3.8) is 0 Å². The predicted molar refractivity (Wildman–Crippen MR) is 66.7 cm³/mol. The van der Waals surface area contributed by atoms with Crippen molar-refractivity contribution in [2.45, 2.75) is 24.1 Å². The summed E-state index contributed by atoms with van der Waals surface area (Å²) < 4.78 is 25.9. The molecular weight excluding hydrogens is 262 g/mol. The molecule has 4 nitrogen and oxygen atoms in total. The van der Waals surface area contributed by atoms with Gasteiger partial charge in [0.15, 0.2) is 0 Å². The number of sulfonamides is 1. The third kappa shape index (κ3) is 4.11. The average Bonchev–Trinajstić information content (AvgIpc) is 2.26. The van der Waals surface area contributed by atoms with Gasteiger partial charge in [0.2, 0.25) is 10.0 Å². The van der Waals surface area contributed by atoms with Crippen LogP contribution in [0.2, 0.25) is 0 Å². The summed E-state index contributed by atoms with van der Waals surface area (Å²) >= 11 is 5.66. The van der Waals surface area contributed by atoms with Crippen LogP contribution >= 0.6 is 11.6 Å². The third-order valence-corrected chi connectivity index (χ3v) is 4.13. The molecule has 1 unspecified atom stereocenters. The van der Waals surface area contributed by atoms with Crippen LogP contribution in [0, 0.1) is 6.92 Å². The summed E-state index contributed by atoms with van der Waals surface area (Å²) in [6.45, 7) is 3.08. The molecule has 0 amide bonds. The van der Waals surface area contributed by atoms with Crippen LogP contribution < -0.4 is 4.72 Å². The smallest absolute Gasteiger partial charge is 0.240 e. The minimum Gasteiger partial charge on any atom is -0.298 e. The number of rotatable bonds is 5. The van der Waals surface area contributed by atoms with Gasteiger partial charge in [-0.05, 0) is 26.0 Å². The fourth-order valence-electron chi connectivity index (χ4n) is 1.13. The molecule has 0 aliphatic rings. The summed E-state index contributed by atoms with van der Waals surface area (Å²) in [4.78, 5) is 11.0. The minimum absolute atomic E-state index is 0.104. The molecule has 1 aromatic carbocycles. The Kier molecular flexibility index (Phi) is 4.68. The topological polar surface area (TPSA) is 63.2 Å². The lowest BCUT2D eigenvalue weighted by atomic mass is 10.2. The van der Waals surface area contributed by atoms with Gasteiger partial charge in [0.1, 0.15) is 11.2 Å². The first-order valence-electron chi connectivity index (χ1n) is 5.04. The van der Waals surface area contributed by atoms with Gasteiger partial charge in [0.05, 0.1) is 4.90 Å². The quantitative estimate of drug-likeness (QED) is 0.828. The second-order valence-corrected chi connectivity index (χ2v) is 6.04. The van der Waals surface area contributed by atoms with Crippen molar-refractivity contribution < 1.29 is 13.2 Å². The first-order valence-corrected chi connectivity index (χ1v) is 6.96. The summed E-state index contributed by atoms with van der Waals surface area (Å²) in [7, 11) is -3.59. The van der Waals surface area contributed by atoms with Crippen LogP contribution in [0.3, 0.4) is 0 Å². The molecule has 0 radical (unpaired) electrons. The molecular formula is C11H14ClNO3S. The highest BCUT2D eigenvalue weighted by Gasteiger charge is 2.17. The summed E-state index contributed by atoms with van der Waals surface area (Å²) in [6, 6.07) is 6.43. The Hall–Kier alpha value is -0.910. The number of hydrogen-bond donors (Lipinski definition) is 1. The van der Waals surface area contributed by atoms with Crippen molar-refractivity contribution in [3.8, 4) is 0 Å². The number of alkyl halides is 1. The van der Waals surface area contributed by atoms with Crippen molar-refractivity contribution in [2.75, 3.05) is 6.54 Å². The van der Waals surface area contributed by atoms with Crippen LogP contribution in [0.15, 0.2) is 29.2 Å². The van der Waals surface area contributed by atoms with E-state index in [1.54, 1.807) is 12.1 Å². The second kappa shape index (κ2) is 5.62. The number of Topliss-reactive ketones (excluding diaryl/α,β-unsaturated/α-hetero) is 1. The highest BCUT2D eigenvalue weighted by molar-refractivity contribution is 7.89. The largest absolute Gasteiger partial charge is 0.298 e. The molecule has 1 aromatic rings. The molecule has 0 fully saturated rings. The van der Waals surface area contributed by atoms with Crippen LogP contribution in [0.25, 0.3) is 0 Å². The number of halogens is 1. The monoisotopic (exact) mass is 275 g/mol. The number of carbonyl (C=O) groups is 1. The van der Waals surface area contributed by atoms with Gasteiger partial charge in [-0.1, -0.05) is 17.7 Å². The standard InChI is InChI=1S/C11H14ClNO3S/c1-8-3-5-10(6-4-8)17(15,16)13-7-11(12)9(2)14/h3-6,11,13H,7H2,1-2H3. The lowest BCUT2D eigenvalue weighted by molar-refractivity contribution is -0.116. The van der Waals surface area contributed by atoms with E-state index in [0.717, 1.165) is 5.56 Å². The lowest BCUT2D eigenvalue weighted by Gasteiger charge is -2.09. The van der Waals surface area contributed by atoms with E-state index in [-0.39, 0.29) is 17.2 Å². The van der Waals surface area contributed by atoms with Gasteiger partial charge in [-0.2, -0.15) is 0 Å². The number of hydrogen-bond acceptors (Lipinski definition) is 3. The molecule has 0 aliphatic carbocycles. The summed E-state index contributed by atoms with van der Waals surface area (Å²) in [5.41, 5.74) is 0.975. The fraction of sp³-hybridized carbons (Fsp3) is 0.364. The lowest BCUT2D eigenvalue weighted by Crippen LogP contribution is -2.32. The Labute approximate surface area is 106 Å². The Bertz CT molecular complexity index is 496. The van der Waals surface area contributed by atoms with Crippen molar-refractivity contribution in [2.24, 2.45) is 0 Å². The molecule has 1 N–H and O–H groups in total. The summed E-state index contributed by atoms with van der Waals surface area (Å²) in [5, 5.41) is -0.838. The number of ketones is 1. The molecule has 1 rings (SSSR count). The molecule has 1 atom stereocenters. The predicted octanol–water partition coefficient (Wildman–Crippen LogP) is 1.47. The maximum Gasteiger partial charge on any atom is 0.240 e. The van der Waals surface area contributed by atoms with E-state index in [1.807, 2.05) is 6.92 Å². The van der Waals surface area contributed by atoms with Gasteiger partial charge in [-0.3, -0.25) is 4.79 Å². The van der Waals surface area contributed by atoms with E-state index < -0.39 is 15.4 Å². The molecule has 0 aromatic heterocycles. The summed E-state index contributed by atoms with van der Waals surface area (Å²) in [6.07, 6.45) is 0. The zero-order chi connectivity index (χ0) is 13.1. The van der Waals surface area contributed by atoms with Gasteiger partial charge in [-0.25, -0.2) is 13.1 Å². The summed E-state index contributed by atoms with van der Waals surface area (Å²) in [5.74, 6) is -0.265. The highest BCUT2D eigenvalue weighted by Crippen LogP contribution is 2.10. The van der Waals surface area contributed by atoms with Gasteiger partial charge < -0.3 is 0 Å². The van der Waals surface area contributed by atoms with Crippen LogP contribution in [0.5, 0.6) is 0 Å². The van der Waals surface area contributed by atoms with Crippen LogP contribution in [-0.4, -0.2) is 26.1 Å². The normalized spacial score (nSPS) is 13.4. The average molecular weight is 276 g/mol. The Balaban J connectivity index is 2.76. The van der Waals surface area contributed by atoms with Gasteiger partial charge in [0.25, 0.3) is 0 Å². The fourth-order valence-corrected chi connectivity index (χ4v) is 2.34. The SMILES string of the molecule is CC(=O)C(Cl)CNS(=O)(=O)c1ccc(C)cc1. The second-order valence-electron chi connectivity index (χ2n) is 3.74. The van der Waals surface area contributed by atoms with Gasteiger partial charge in [-0.15, -0.1) is 11.6 Å². The van der Waals surface area contributed by atoms with Crippen LogP contribution in [-0.2, 0) is 14.8 Å². The number of aryl methyl sites for hydroxylation is 1. The van der Waals surface area contributed by atoms with E-state index in [9.17, 15) is 13.2 Å². The molecule has 0 saturated heterocycles. The zero-order valence-electron chi connectivity index (χ0n) is 9.60. The number of benzene rings is 1. The van der Waals surface area contributed by atoms with E-state index in [4.69, 9.17) is 11.6 Å². The van der Waals surface area contributed by atoms with Gasteiger partial charge >= 0.3 is 0 Å². The molecule has 0 saturated carbocycles. The Morgan fingerprint density at radius 2 is 1.88 bits per heavy atom. The highest BCUT2D eigenvalue weighted by atomic mass is 35.5. The molecule has 0 bridgehead atoms. The Morgan fingerprint density at radius 1 is 1.35 bits per heavy atom. The first kappa shape index (κ1) is 14.2. The van der Waals surface area contributed by atoms with Gasteiger partial charge in [0, 0.05) is 6.54 Å². The van der Waals surface area contributed by atoms with Crippen molar-refractivity contribution >= 4 is 27.4 Å². The molecule has 94 valence electrons. The molecule has 0 heterocycles. The van der Waals surface area contributed by atoms with Crippen molar-refractivity contribution in [1.29, 1.82) is 0 Å². The minimum atomic E-state index is -3.59. The van der Waals surface area contributed by atoms with E-state index in [2.05, 4.69) is 4.72 Å². The van der Waals surface area contributed by atoms with E-state index >= 15 is 0 Å². The van der Waals surface area contributed by atoms with E-state index in [0.29, 0.717) is 0 Å². The number of nitrogens with one attached hydrogen (secondary N) is 1. The maximum absolute atomic E-state index is 11.8. The molecule has 6 heteroatoms. The molecule has 0 spiro atoms. The van der Waals surface area contributed by atoms with Crippen molar-refractivity contribution in [1.82, 2.24) is 4.72 Å². The molecule has 17 heavy (non-hydrogen) atoms. The van der Waals surface area contributed by atoms with E-state index in [1.165, 1.54) is 19.1 Å². The van der Waals surface area contributed by atoms with Crippen LogP contribution in [0.1, 0.15) is 12.5 Å². The molecule has 0 aliphatic heterocycles. The number of carbonyl (C=O) groups excluding carboxylic acids is 1.